The summed E-state index contributed by atoms with van der Waals surface area (Å²) in [4.78, 5) is 0.304. The van der Waals surface area contributed by atoms with Gasteiger partial charge in [0.2, 0.25) is 0 Å². The summed E-state index contributed by atoms with van der Waals surface area (Å²) in [7, 11) is -3.11. The number of benzene rings is 2. The maximum absolute atomic E-state index is 11.1. The molecule has 0 aliphatic heterocycles. The van der Waals surface area contributed by atoms with Crippen LogP contribution in [0.2, 0.25) is 0 Å². The van der Waals surface area contributed by atoms with Crippen LogP contribution in [-0.4, -0.2) is 38.1 Å². The lowest BCUT2D eigenvalue weighted by Gasteiger charge is -1.98. The van der Waals surface area contributed by atoms with Crippen LogP contribution in [0.5, 0.6) is 0 Å². The molecule has 2 aromatic rings. The number of aliphatic hydroxyl groups is 2. The summed E-state index contributed by atoms with van der Waals surface area (Å²) in [5, 5.41) is 17.0. The lowest BCUT2D eigenvalue weighted by Crippen LogP contribution is -1.96. The zero-order chi connectivity index (χ0) is 17.8. The molecule has 0 aliphatic carbocycles. The summed E-state index contributed by atoms with van der Waals surface area (Å²) >= 11 is 0. The summed E-state index contributed by atoms with van der Waals surface area (Å²) < 4.78 is 22.2. The van der Waals surface area contributed by atoms with Crippen LogP contribution in [0, 0.1) is 0 Å². The number of rotatable bonds is 5. The van der Waals surface area contributed by atoms with Gasteiger partial charge in [-0.25, -0.2) is 8.42 Å². The number of aliphatic hydroxyl groups excluding tert-OH is 2. The third kappa shape index (κ3) is 7.87. The van der Waals surface area contributed by atoms with Crippen molar-refractivity contribution in [3.05, 3.63) is 77.9 Å². The lowest BCUT2D eigenvalue weighted by molar-refractivity contribution is 0.343. The van der Waals surface area contributed by atoms with Crippen molar-refractivity contribution in [2.24, 2.45) is 0 Å². The second kappa shape index (κ2) is 10.5. The third-order valence-electron chi connectivity index (χ3n) is 2.94. The Balaban J connectivity index is 0.000000254. The predicted molar refractivity (Wildman–Crippen MR) is 98.2 cm³/mol. The fraction of sp³-hybridized carbons (Fsp3) is 0.158. The van der Waals surface area contributed by atoms with Crippen LogP contribution < -0.4 is 0 Å². The van der Waals surface area contributed by atoms with Gasteiger partial charge < -0.3 is 10.2 Å². The van der Waals surface area contributed by atoms with E-state index in [1.54, 1.807) is 42.5 Å². The maximum Gasteiger partial charge on any atom is 0.175 e. The second-order valence-electron chi connectivity index (χ2n) is 4.92. The lowest BCUT2D eigenvalue weighted by atomic mass is 10.2. The van der Waals surface area contributed by atoms with Crippen LogP contribution in [0.4, 0.5) is 0 Å². The maximum atomic E-state index is 11.1. The van der Waals surface area contributed by atoms with E-state index in [2.05, 4.69) is 0 Å². The zero-order valence-electron chi connectivity index (χ0n) is 13.5. The van der Waals surface area contributed by atoms with Gasteiger partial charge in [-0.15, -0.1) is 0 Å². The highest BCUT2D eigenvalue weighted by atomic mass is 32.2. The molecule has 0 atom stereocenters. The topological polar surface area (TPSA) is 74.6 Å². The van der Waals surface area contributed by atoms with Gasteiger partial charge >= 0.3 is 0 Å². The fourth-order valence-corrected chi connectivity index (χ4v) is 2.40. The summed E-state index contributed by atoms with van der Waals surface area (Å²) in [6, 6.07) is 16.4. The number of sulfone groups is 1. The molecule has 0 amide bonds. The Labute approximate surface area is 143 Å². The van der Waals surface area contributed by atoms with Crippen LogP contribution in [0.3, 0.4) is 0 Å². The minimum atomic E-state index is -3.11. The molecule has 0 aromatic heterocycles. The molecule has 0 bridgehead atoms. The smallest absolute Gasteiger partial charge is 0.175 e. The molecule has 0 spiro atoms. The normalized spacial score (nSPS) is 11.5. The van der Waals surface area contributed by atoms with Gasteiger partial charge in [0.1, 0.15) is 0 Å². The molecule has 0 heterocycles. The SMILES string of the molecule is CS(=O)(=O)c1ccc(/C=C/CO)cc1.OCC=Cc1ccccc1. The van der Waals surface area contributed by atoms with Crippen molar-refractivity contribution in [3.63, 3.8) is 0 Å². The van der Waals surface area contributed by atoms with Crippen molar-refractivity contribution in [1.29, 1.82) is 0 Å². The first kappa shape index (κ1) is 19.8. The van der Waals surface area contributed by atoms with Crippen LogP contribution >= 0.6 is 0 Å². The van der Waals surface area contributed by atoms with Gasteiger partial charge in [0, 0.05) is 6.26 Å². The van der Waals surface area contributed by atoms with Crippen molar-refractivity contribution in [1.82, 2.24) is 0 Å². The van der Waals surface area contributed by atoms with Gasteiger partial charge in [-0.05, 0) is 23.3 Å². The minimum absolute atomic E-state index is 0.0200. The molecule has 0 unspecified atom stereocenters. The Kier molecular flexibility index (Phi) is 8.71. The first-order valence-electron chi connectivity index (χ1n) is 7.37. The molecule has 2 aromatic carbocycles. The van der Waals surface area contributed by atoms with Crippen molar-refractivity contribution >= 4 is 22.0 Å². The zero-order valence-corrected chi connectivity index (χ0v) is 14.4. The van der Waals surface area contributed by atoms with Gasteiger partial charge in [-0.1, -0.05) is 66.8 Å². The molecular formula is C19H22O4S. The highest BCUT2D eigenvalue weighted by Gasteiger charge is 2.04. The van der Waals surface area contributed by atoms with E-state index in [1.807, 2.05) is 36.4 Å². The third-order valence-corrected chi connectivity index (χ3v) is 4.07. The Morgan fingerprint density at radius 2 is 1.25 bits per heavy atom. The van der Waals surface area contributed by atoms with Crippen LogP contribution in [0.25, 0.3) is 12.2 Å². The Morgan fingerprint density at radius 3 is 1.67 bits per heavy atom. The molecule has 128 valence electrons. The molecule has 5 heteroatoms. The first-order valence-corrected chi connectivity index (χ1v) is 9.26. The van der Waals surface area contributed by atoms with Gasteiger partial charge in [0.05, 0.1) is 18.1 Å². The van der Waals surface area contributed by atoms with Gasteiger partial charge in [-0.2, -0.15) is 0 Å². The van der Waals surface area contributed by atoms with E-state index in [-0.39, 0.29) is 13.2 Å². The highest BCUT2D eigenvalue weighted by molar-refractivity contribution is 7.90. The van der Waals surface area contributed by atoms with Crippen molar-refractivity contribution in [3.8, 4) is 0 Å². The van der Waals surface area contributed by atoms with Gasteiger partial charge in [0.15, 0.2) is 9.84 Å². The monoisotopic (exact) mass is 346 g/mol. The molecule has 0 fully saturated rings. The molecular weight excluding hydrogens is 324 g/mol. The fourth-order valence-electron chi connectivity index (χ4n) is 1.77. The molecule has 2 rings (SSSR count). The van der Waals surface area contributed by atoms with E-state index >= 15 is 0 Å². The standard InChI is InChI=1S/C10H12O3S.C9H10O/c1-14(12,13)10-6-4-9(5-7-10)3-2-8-11;10-8-4-7-9-5-2-1-3-6-9/h2-7,11H,8H2,1H3;1-7,10H,8H2/b3-2+;. The van der Waals surface area contributed by atoms with E-state index in [1.165, 1.54) is 6.26 Å². The summed E-state index contributed by atoms with van der Waals surface area (Å²) in [5.41, 5.74) is 1.99. The number of hydrogen-bond donors (Lipinski definition) is 2. The molecule has 0 aliphatic rings. The molecule has 4 nitrogen and oxygen atoms in total. The van der Waals surface area contributed by atoms with Crippen molar-refractivity contribution in [2.45, 2.75) is 4.90 Å². The highest BCUT2D eigenvalue weighted by Crippen LogP contribution is 2.11. The Bertz CT molecular complexity index is 746. The summed E-state index contributed by atoms with van der Waals surface area (Å²) in [6.45, 7) is 0.0860. The van der Waals surface area contributed by atoms with E-state index in [9.17, 15) is 8.42 Å². The van der Waals surface area contributed by atoms with E-state index < -0.39 is 9.84 Å². The number of hydrogen-bond acceptors (Lipinski definition) is 4. The Morgan fingerprint density at radius 1 is 0.792 bits per heavy atom. The molecule has 0 radical (unpaired) electrons. The van der Waals surface area contributed by atoms with Crippen LogP contribution in [0.1, 0.15) is 11.1 Å². The average Bonchev–Trinajstić information content (AvgIpc) is 2.59. The quantitative estimate of drug-likeness (QED) is 0.873. The molecule has 2 N–H and O–H groups in total. The van der Waals surface area contributed by atoms with E-state index in [4.69, 9.17) is 10.2 Å². The summed E-state index contributed by atoms with van der Waals surface area (Å²) in [5.74, 6) is 0. The van der Waals surface area contributed by atoms with E-state index in [0.717, 1.165) is 11.1 Å². The predicted octanol–water partition coefficient (Wildman–Crippen LogP) is 2.79. The van der Waals surface area contributed by atoms with Crippen LogP contribution in [0.15, 0.2) is 71.6 Å². The Hall–Kier alpha value is -2.21. The summed E-state index contributed by atoms with van der Waals surface area (Å²) in [6.07, 6.45) is 8.10. The van der Waals surface area contributed by atoms with Gasteiger partial charge in [-0.3, -0.25) is 0 Å². The average molecular weight is 346 g/mol. The molecule has 0 saturated heterocycles. The first-order chi connectivity index (χ1) is 11.5. The molecule has 0 saturated carbocycles. The second-order valence-corrected chi connectivity index (χ2v) is 6.94. The van der Waals surface area contributed by atoms with Gasteiger partial charge in [0.25, 0.3) is 0 Å². The van der Waals surface area contributed by atoms with Crippen molar-refractivity contribution < 1.29 is 18.6 Å². The van der Waals surface area contributed by atoms with Crippen molar-refractivity contribution in [2.75, 3.05) is 19.5 Å². The van der Waals surface area contributed by atoms with E-state index in [0.29, 0.717) is 4.90 Å². The largest absolute Gasteiger partial charge is 0.392 e. The molecule has 24 heavy (non-hydrogen) atoms. The van der Waals surface area contributed by atoms with Crippen LogP contribution in [-0.2, 0) is 9.84 Å². The minimum Gasteiger partial charge on any atom is -0.392 e.